The molecule has 0 unspecified atom stereocenters. The van der Waals surface area contributed by atoms with Crippen LogP contribution in [0.15, 0.2) is 24.3 Å². The van der Waals surface area contributed by atoms with Crippen LogP contribution in [-0.4, -0.2) is 44.9 Å². The van der Waals surface area contributed by atoms with Gasteiger partial charge in [-0.1, -0.05) is 0 Å². The van der Waals surface area contributed by atoms with Gasteiger partial charge in [-0.15, -0.1) is 0 Å². The number of nitrogens with zero attached hydrogens (tertiary/aromatic N) is 1. The Bertz CT molecular complexity index is 377. The van der Waals surface area contributed by atoms with Crippen molar-refractivity contribution in [1.82, 2.24) is 4.90 Å². The second-order valence-electron chi connectivity index (χ2n) is 5.59. The van der Waals surface area contributed by atoms with Crippen molar-refractivity contribution in [2.75, 3.05) is 45.7 Å². The van der Waals surface area contributed by atoms with E-state index in [1.54, 1.807) is 0 Å². The number of hydrogen-bond acceptors (Lipinski definition) is 4. The third kappa shape index (κ3) is 6.26. The van der Waals surface area contributed by atoms with Gasteiger partial charge in [-0.2, -0.15) is 0 Å². The number of ether oxygens (including phenoxy) is 2. The largest absolute Gasteiger partial charge is 0.494 e. The van der Waals surface area contributed by atoms with Gasteiger partial charge in [0.1, 0.15) is 5.75 Å². The minimum absolute atomic E-state index is 0.733. The molecular weight excluding hydrogens is 252 g/mol. The summed E-state index contributed by atoms with van der Waals surface area (Å²) in [6.07, 6.45) is 3.74. The van der Waals surface area contributed by atoms with Gasteiger partial charge in [-0.05, 0) is 56.5 Å². The highest BCUT2D eigenvalue weighted by molar-refractivity contribution is 5.41. The number of hydrogen-bond donors (Lipinski definition) is 1. The zero-order valence-corrected chi connectivity index (χ0v) is 12.4. The van der Waals surface area contributed by atoms with Crippen molar-refractivity contribution in [3.63, 3.8) is 0 Å². The van der Waals surface area contributed by atoms with Crippen LogP contribution in [-0.2, 0) is 4.74 Å². The van der Waals surface area contributed by atoms with Gasteiger partial charge in [0.05, 0.1) is 13.2 Å². The highest BCUT2D eigenvalue weighted by Crippen LogP contribution is 2.28. The molecule has 2 N–H and O–H groups in total. The van der Waals surface area contributed by atoms with Crippen LogP contribution in [0.3, 0.4) is 0 Å². The fourth-order valence-electron chi connectivity index (χ4n) is 1.96. The summed E-state index contributed by atoms with van der Waals surface area (Å²) in [7, 11) is 2.13. The van der Waals surface area contributed by atoms with E-state index < -0.39 is 0 Å². The van der Waals surface area contributed by atoms with Gasteiger partial charge in [0.25, 0.3) is 0 Å². The minimum atomic E-state index is 0.733. The Balaban J connectivity index is 1.46. The summed E-state index contributed by atoms with van der Waals surface area (Å²) in [6.45, 7) is 4.55. The molecule has 1 saturated carbocycles. The van der Waals surface area contributed by atoms with Crippen molar-refractivity contribution in [3.8, 4) is 5.75 Å². The first kappa shape index (κ1) is 15.1. The molecule has 0 aliphatic heterocycles. The summed E-state index contributed by atoms with van der Waals surface area (Å²) in [5.41, 5.74) is 6.39. The molecule has 0 aromatic heterocycles. The average molecular weight is 278 g/mol. The number of rotatable bonds is 10. The SMILES string of the molecule is CN(CCCOc1ccc(N)cc1)CCOCC1CC1. The molecule has 0 spiro atoms. The Morgan fingerprint density at radius 3 is 2.60 bits per heavy atom. The fourth-order valence-corrected chi connectivity index (χ4v) is 1.96. The lowest BCUT2D eigenvalue weighted by Gasteiger charge is -2.16. The molecule has 0 bridgehead atoms. The molecule has 1 aliphatic carbocycles. The quantitative estimate of drug-likeness (QED) is 0.527. The molecule has 1 aromatic carbocycles. The van der Waals surface area contributed by atoms with Gasteiger partial charge in [0.15, 0.2) is 0 Å². The summed E-state index contributed by atoms with van der Waals surface area (Å²) in [6, 6.07) is 7.53. The maximum Gasteiger partial charge on any atom is 0.119 e. The Kier molecular flexibility index (Phi) is 6.15. The van der Waals surface area contributed by atoms with Crippen molar-refractivity contribution in [2.45, 2.75) is 19.3 Å². The summed E-state index contributed by atoms with van der Waals surface area (Å²) in [5.74, 6) is 1.74. The molecule has 0 amide bonds. The molecule has 0 saturated heterocycles. The molecule has 2 rings (SSSR count). The van der Waals surface area contributed by atoms with E-state index in [2.05, 4.69) is 11.9 Å². The number of anilines is 1. The van der Waals surface area contributed by atoms with Crippen LogP contribution in [0.1, 0.15) is 19.3 Å². The number of likely N-dealkylation sites (N-methyl/N-ethyl adjacent to an activating group) is 1. The molecule has 4 nitrogen and oxygen atoms in total. The molecule has 4 heteroatoms. The molecule has 1 fully saturated rings. The van der Waals surface area contributed by atoms with Crippen LogP contribution < -0.4 is 10.5 Å². The topological polar surface area (TPSA) is 47.7 Å². The third-order valence-electron chi connectivity index (χ3n) is 3.50. The molecule has 20 heavy (non-hydrogen) atoms. The summed E-state index contributed by atoms with van der Waals surface area (Å²) < 4.78 is 11.3. The lowest BCUT2D eigenvalue weighted by molar-refractivity contribution is 0.102. The van der Waals surface area contributed by atoms with Crippen LogP contribution in [0.2, 0.25) is 0 Å². The van der Waals surface area contributed by atoms with Crippen LogP contribution in [0, 0.1) is 5.92 Å². The average Bonchev–Trinajstić information content (AvgIpc) is 3.26. The Hall–Kier alpha value is -1.26. The predicted molar refractivity (Wildman–Crippen MR) is 82.0 cm³/mol. The molecule has 0 heterocycles. The molecule has 112 valence electrons. The van der Waals surface area contributed by atoms with E-state index in [1.165, 1.54) is 12.8 Å². The normalized spacial score (nSPS) is 14.7. The molecule has 1 aromatic rings. The lowest BCUT2D eigenvalue weighted by atomic mass is 10.3. The minimum Gasteiger partial charge on any atom is -0.494 e. The highest BCUT2D eigenvalue weighted by Gasteiger charge is 2.20. The van der Waals surface area contributed by atoms with E-state index in [1.807, 2.05) is 24.3 Å². The highest BCUT2D eigenvalue weighted by atomic mass is 16.5. The smallest absolute Gasteiger partial charge is 0.119 e. The Morgan fingerprint density at radius 2 is 1.90 bits per heavy atom. The van der Waals surface area contributed by atoms with Gasteiger partial charge >= 0.3 is 0 Å². The van der Waals surface area contributed by atoms with E-state index in [9.17, 15) is 0 Å². The van der Waals surface area contributed by atoms with Crippen LogP contribution >= 0.6 is 0 Å². The fraction of sp³-hybridized carbons (Fsp3) is 0.625. The zero-order valence-electron chi connectivity index (χ0n) is 12.4. The van der Waals surface area contributed by atoms with Crippen molar-refractivity contribution < 1.29 is 9.47 Å². The van der Waals surface area contributed by atoms with Crippen molar-refractivity contribution >= 4 is 5.69 Å². The van der Waals surface area contributed by atoms with Crippen LogP contribution in [0.25, 0.3) is 0 Å². The van der Waals surface area contributed by atoms with Crippen molar-refractivity contribution in [2.24, 2.45) is 5.92 Å². The standard InChI is InChI=1S/C16H26N2O2/c1-18(10-12-19-13-14-3-4-14)9-2-11-20-16-7-5-15(17)6-8-16/h5-8,14H,2-4,9-13,17H2,1H3. The number of nitrogen functional groups attached to an aromatic ring is 1. The van der Waals surface area contributed by atoms with Gasteiger partial charge in [-0.3, -0.25) is 0 Å². The molecular formula is C16H26N2O2. The van der Waals surface area contributed by atoms with E-state index in [0.29, 0.717) is 0 Å². The molecule has 1 aliphatic rings. The monoisotopic (exact) mass is 278 g/mol. The van der Waals surface area contributed by atoms with Gasteiger partial charge < -0.3 is 20.1 Å². The Morgan fingerprint density at radius 1 is 1.15 bits per heavy atom. The third-order valence-corrected chi connectivity index (χ3v) is 3.50. The second kappa shape index (κ2) is 8.12. The van der Waals surface area contributed by atoms with Gasteiger partial charge in [-0.25, -0.2) is 0 Å². The van der Waals surface area contributed by atoms with E-state index in [0.717, 1.165) is 56.7 Å². The van der Waals surface area contributed by atoms with Crippen molar-refractivity contribution in [3.05, 3.63) is 24.3 Å². The first-order valence-corrected chi connectivity index (χ1v) is 7.48. The summed E-state index contributed by atoms with van der Waals surface area (Å²) in [4.78, 5) is 2.29. The van der Waals surface area contributed by atoms with Crippen LogP contribution in [0.5, 0.6) is 5.75 Å². The maximum absolute atomic E-state index is 5.66. The van der Waals surface area contributed by atoms with Gasteiger partial charge in [0.2, 0.25) is 0 Å². The first-order chi connectivity index (χ1) is 9.74. The summed E-state index contributed by atoms with van der Waals surface area (Å²) in [5, 5.41) is 0. The predicted octanol–water partition coefficient (Wildman–Crippen LogP) is 2.40. The zero-order chi connectivity index (χ0) is 14.2. The van der Waals surface area contributed by atoms with E-state index in [-0.39, 0.29) is 0 Å². The van der Waals surface area contributed by atoms with E-state index in [4.69, 9.17) is 15.2 Å². The maximum atomic E-state index is 5.66. The number of benzene rings is 1. The molecule has 0 atom stereocenters. The van der Waals surface area contributed by atoms with E-state index >= 15 is 0 Å². The second-order valence-corrected chi connectivity index (χ2v) is 5.59. The Labute approximate surface area is 121 Å². The lowest BCUT2D eigenvalue weighted by Crippen LogP contribution is -2.25. The van der Waals surface area contributed by atoms with Crippen molar-refractivity contribution in [1.29, 1.82) is 0 Å². The van der Waals surface area contributed by atoms with Crippen LogP contribution in [0.4, 0.5) is 5.69 Å². The van der Waals surface area contributed by atoms with Gasteiger partial charge in [0, 0.05) is 25.4 Å². The first-order valence-electron chi connectivity index (χ1n) is 7.48. The number of nitrogens with two attached hydrogens (primary N) is 1. The summed E-state index contributed by atoms with van der Waals surface area (Å²) >= 11 is 0. The molecule has 0 radical (unpaired) electrons.